The average molecular weight is 284 g/mol. The molecule has 0 aliphatic rings. The molecule has 0 spiro atoms. The van der Waals surface area contributed by atoms with E-state index in [-0.39, 0.29) is 6.61 Å². The molecule has 0 amide bonds. The van der Waals surface area contributed by atoms with Crippen molar-refractivity contribution in [3.05, 3.63) is 59.9 Å². The Balaban J connectivity index is 1.65. The van der Waals surface area contributed by atoms with Crippen LogP contribution in [0, 0.1) is 6.92 Å². The summed E-state index contributed by atoms with van der Waals surface area (Å²) >= 11 is 0. The summed E-state index contributed by atoms with van der Waals surface area (Å²) in [4.78, 5) is 16.0. The summed E-state index contributed by atoms with van der Waals surface area (Å²) in [6.45, 7) is 1.84. The maximum Gasteiger partial charge on any atom is 0.340 e. The molecular formula is C14H12N4O3. The topological polar surface area (TPSA) is 83.0 Å². The summed E-state index contributed by atoms with van der Waals surface area (Å²) in [7, 11) is 0. The van der Waals surface area contributed by atoms with Crippen LogP contribution < -0.4 is 0 Å². The zero-order valence-corrected chi connectivity index (χ0v) is 11.3. The van der Waals surface area contributed by atoms with Crippen LogP contribution in [0.3, 0.4) is 0 Å². The zero-order valence-electron chi connectivity index (χ0n) is 11.3. The number of carbonyl (C=O) groups excluding carboxylic acids is 1. The molecule has 106 valence electrons. The third kappa shape index (κ3) is 2.97. The van der Waals surface area contributed by atoms with Gasteiger partial charge in [0.2, 0.25) is 0 Å². The van der Waals surface area contributed by atoms with Crippen LogP contribution >= 0.6 is 0 Å². The number of nitrogens with zero attached hydrogens (tertiary/aromatic N) is 4. The molecule has 0 N–H and O–H groups in total. The number of hydrogen-bond acceptors (Lipinski definition) is 6. The Labute approximate surface area is 120 Å². The van der Waals surface area contributed by atoms with E-state index in [4.69, 9.17) is 9.26 Å². The smallest absolute Gasteiger partial charge is 0.340 e. The van der Waals surface area contributed by atoms with Crippen LogP contribution in [-0.4, -0.2) is 25.9 Å². The summed E-state index contributed by atoms with van der Waals surface area (Å²) in [6.07, 6.45) is 4.88. The molecule has 0 saturated carbocycles. The van der Waals surface area contributed by atoms with Crippen molar-refractivity contribution >= 4 is 5.97 Å². The number of hydrogen-bond donors (Lipinski definition) is 0. The standard InChI is InChI=1S/C14H12N4O3/c1-10-7-12(21-17-10)9-20-14(19)11-3-4-13(15-8-11)18-6-2-5-16-18/h2-8H,9H2,1H3. The van der Waals surface area contributed by atoms with Crippen molar-refractivity contribution < 1.29 is 14.1 Å². The molecule has 0 unspecified atom stereocenters. The summed E-state index contributed by atoms with van der Waals surface area (Å²) in [5.74, 6) is 0.660. The first kappa shape index (κ1) is 13.0. The van der Waals surface area contributed by atoms with Gasteiger partial charge >= 0.3 is 5.97 Å². The van der Waals surface area contributed by atoms with E-state index in [0.29, 0.717) is 17.1 Å². The van der Waals surface area contributed by atoms with Crippen LogP contribution in [0.1, 0.15) is 21.8 Å². The zero-order chi connectivity index (χ0) is 14.7. The molecule has 0 aliphatic carbocycles. The number of pyridine rings is 1. The number of aromatic nitrogens is 4. The number of rotatable bonds is 4. The molecule has 3 aromatic rings. The van der Waals surface area contributed by atoms with Gasteiger partial charge in [-0.25, -0.2) is 14.5 Å². The van der Waals surface area contributed by atoms with E-state index in [1.165, 1.54) is 6.20 Å². The Hall–Kier alpha value is -2.96. The molecule has 7 heteroatoms. The highest BCUT2D eigenvalue weighted by molar-refractivity contribution is 5.89. The maximum atomic E-state index is 11.9. The Morgan fingerprint density at radius 2 is 2.33 bits per heavy atom. The molecule has 3 rings (SSSR count). The number of carbonyl (C=O) groups is 1. The highest BCUT2D eigenvalue weighted by atomic mass is 16.5. The molecule has 3 aromatic heterocycles. The van der Waals surface area contributed by atoms with Crippen LogP contribution in [0.5, 0.6) is 0 Å². The van der Waals surface area contributed by atoms with Gasteiger partial charge in [0.25, 0.3) is 0 Å². The highest BCUT2D eigenvalue weighted by Crippen LogP contribution is 2.09. The van der Waals surface area contributed by atoms with Crippen molar-refractivity contribution in [2.75, 3.05) is 0 Å². The second kappa shape index (κ2) is 5.58. The maximum absolute atomic E-state index is 11.9. The minimum absolute atomic E-state index is 0.0422. The Morgan fingerprint density at radius 3 is 2.95 bits per heavy atom. The van der Waals surface area contributed by atoms with Gasteiger partial charge in [0.05, 0.1) is 11.3 Å². The van der Waals surface area contributed by atoms with Crippen molar-refractivity contribution in [2.45, 2.75) is 13.5 Å². The van der Waals surface area contributed by atoms with E-state index in [1.807, 2.05) is 0 Å². The van der Waals surface area contributed by atoms with Crippen LogP contribution in [0.15, 0.2) is 47.4 Å². The van der Waals surface area contributed by atoms with Crippen LogP contribution in [0.25, 0.3) is 5.82 Å². The van der Waals surface area contributed by atoms with E-state index < -0.39 is 5.97 Å². The monoisotopic (exact) mass is 284 g/mol. The first-order chi connectivity index (χ1) is 10.2. The number of ether oxygens (including phenoxy) is 1. The lowest BCUT2D eigenvalue weighted by Gasteiger charge is -2.03. The third-order valence-corrected chi connectivity index (χ3v) is 2.74. The van der Waals surface area contributed by atoms with Gasteiger partial charge in [0.1, 0.15) is 0 Å². The van der Waals surface area contributed by atoms with Gasteiger partial charge in [0, 0.05) is 24.7 Å². The molecule has 0 aromatic carbocycles. The third-order valence-electron chi connectivity index (χ3n) is 2.74. The average Bonchev–Trinajstić information content (AvgIpc) is 3.16. The SMILES string of the molecule is Cc1cc(COC(=O)c2ccc(-n3cccn3)nc2)on1. The predicted octanol–water partition coefficient (Wildman–Crippen LogP) is 1.92. The van der Waals surface area contributed by atoms with Crippen molar-refractivity contribution in [3.63, 3.8) is 0 Å². The lowest BCUT2D eigenvalue weighted by atomic mass is 10.3. The van der Waals surface area contributed by atoms with E-state index in [1.54, 1.807) is 48.3 Å². The van der Waals surface area contributed by atoms with Gasteiger partial charge in [-0.15, -0.1) is 0 Å². The van der Waals surface area contributed by atoms with E-state index in [0.717, 1.165) is 5.69 Å². The van der Waals surface area contributed by atoms with Crippen molar-refractivity contribution in [3.8, 4) is 5.82 Å². The molecule has 7 nitrogen and oxygen atoms in total. The van der Waals surface area contributed by atoms with E-state index in [9.17, 15) is 4.79 Å². The Morgan fingerprint density at radius 1 is 1.43 bits per heavy atom. The summed E-state index contributed by atoms with van der Waals surface area (Å²) < 4.78 is 11.7. The molecule has 21 heavy (non-hydrogen) atoms. The molecular weight excluding hydrogens is 272 g/mol. The lowest BCUT2D eigenvalue weighted by molar-refractivity contribution is 0.0437. The highest BCUT2D eigenvalue weighted by Gasteiger charge is 2.10. The molecule has 0 aliphatic heterocycles. The molecule has 0 saturated heterocycles. The van der Waals surface area contributed by atoms with Crippen molar-refractivity contribution in [1.29, 1.82) is 0 Å². The first-order valence-corrected chi connectivity index (χ1v) is 6.28. The second-order valence-corrected chi connectivity index (χ2v) is 4.37. The minimum atomic E-state index is -0.469. The molecule has 0 radical (unpaired) electrons. The van der Waals surface area contributed by atoms with Crippen molar-refractivity contribution in [2.24, 2.45) is 0 Å². The first-order valence-electron chi connectivity index (χ1n) is 6.28. The normalized spacial score (nSPS) is 10.5. The fraction of sp³-hybridized carbons (Fsp3) is 0.143. The van der Waals surface area contributed by atoms with Gasteiger partial charge in [-0.2, -0.15) is 5.10 Å². The van der Waals surface area contributed by atoms with Crippen LogP contribution in [-0.2, 0) is 11.3 Å². The van der Waals surface area contributed by atoms with E-state index in [2.05, 4.69) is 15.2 Å². The molecule has 0 fully saturated rings. The second-order valence-electron chi connectivity index (χ2n) is 4.37. The van der Waals surface area contributed by atoms with Gasteiger partial charge in [-0.3, -0.25) is 0 Å². The minimum Gasteiger partial charge on any atom is -0.454 e. The number of esters is 1. The van der Waals surface area contributed by atoms with Crippen molar-refractivity contribution in [1.82, 2.24) is 19.9 Å². The number of aryl methyl sites for hydroxylation is 1. The van der Waals surface area contributed by atoms with Gasteiger partial charge < -0.3 is 9.26 Å². The fourth-order valence-corrected chi connectivity index (χ4v) is 1.75. The lowest BCUT2D eigenvalue weighted by Crippen LogP contribution is -2.06. The van der Waals surface area contributed by atoms with Gasteiger partial charge in [0.15, 0.2) is 18.2 Å². The summed E-state index contributed by atoms with van der Waals surface area (Å²) in [5, 5.41) is 7.78. The largest absolute Gasteiger partial charge is 0.454 e. The quantitative estimate of drug-likeness (QED) is 0.681. The summed E-state index contributed by atoms with van der Waals surface area (Å²) in [6, 6.07) is 6.84. The molecule has 3 heterocycles. The summed E-state index contributed by atoms with van der Waals surface area (Å²) in [5.41, 5.74) is 1.11. The molecule has 0 bridgehead atoms. The predicted molar refractivity (Wildman–Crippen MR) is 71.7 cm³/mol. The Kier molecular flexibility index (Phi) is 3.46. The van der Waals surface area contributed by atoms with Crippen LogP contribution in [0.4, 0.5) is 0 Å². The van der Waals surface area contributed by atoms with Gasteiger partial charge in [-0.05, 0) is 25.1 Å². The molecule has 0 atom stereocenters. The Bertz CT molecular complexity index is 732. The fourth-order valence-electron chi connectivity index (χ4n) is 1.75. The van der Waals surface area contributed by atoms with E-state index >= 15 is 0 Å². The van der Waals surface area contributed by atoms with Crippen LogP contribution in [0.2, 0.25) is 0 Å². The van der Waals surface area contributed by atoms with Gasteiger partial charge in [-0.1, -0.05) is 5.16 Å².